The van der Waals surface area contributed by atoms with Gasteiger partial charge in [0.05, 0.1) is 11.8 Å². The van der Waals surface area contributed by atoms with Crippen molar-refractivity contribution in [1.82, 2.24) is 10.9 Å². The van der Waals surface area contributed by atoms with Crippen molar-refractivity contribution >= 4 is 11.8 Å². The summed E-state index contributed by atoms with van der Waals surface area (Å²) >= 11 is 0. The van der Waals surface area contributed by atoms with Crippen LogP contribution in [0, 0.1) is 11.8 Å². The number of nitrogens with one attached hydrogen (secondary N) is 2. The van der Waals surface area contributed by atoms with Gasteiger partial charge in [-0.15, -0.1) is 0 Å². The fraction of sp³-hybridized carbons (Fsp3) is 0.750. The summed E-state index contributed by atoms with van der Waals surface area (Å²) in [6.45, 7) is 0. The van der Waals surface area contributed by atoms with Gasteiger partial charge in [-0.25, -0.2) is 11.7 Å². The highest BCUT2D eigenvalue weighted by Gasteiger charge is 2.47. The van der Waals surface area contributed by atoms with E-state index < -0.39 is 0 Å². The van der Waals surface area contributed by atoms with Crippen molar-refractivity contribution in [3.05, 3.63) is 0 Å². The number of nitrogens with two attached hydrogens (primary N) is 4. The molecule has 92 valence electrons. The maximum atomic E-state index is 10.7. The van der Waals surface area contributed by atoms with Crippen molar-refractivity contribution in [2.45, 2.75) is 24.9 Å². The molecule has 2 aliphatic carbocycles. The first-order valence-corrected chi connectivity index (χ1v) is 5.03. The fourth-order valence-electron chi connectivity index (χ4n) is 1.22. The van der Waals surface area contributed by atoms with Gasteiger partial charge in [0, 0.05) is 12.1 Å². The highest BCUT2D eigenvalue weighted by Crippen LogP contribution is 2.38. The Hall–Kier alpha value is -1.22. The Morgan fingerprint density at radius 1 is 0.875 bits per heavy atom. The molecular weight excluding hydrogens is 212 g/mol. The van der Waals surface area contributed by atoms with E-state index in [4.69, 9.17) is 23.2 Å². The Morgan fingerprint density at radius 2 is 1.19 bits per heavy atom. The van der Waals surface area contributed by atoms with Crippen LogP contribution >= 0.6 is 0 Å². The summed E-state index contributed by atoms with van der Waals surface area (Å²) in [5.41, 5.74) is 14.4. The van der Waals surface area contributed by atoms with E-state index in [0.717, 1.165) is 6.42 Å². The average Bonchev–Trinajstić information content (AvgIpc) is 3.17. The van der Waals surface area contributed by atoms with Crippen molar-refractivity contribution in [3.8, 4) is 0 Å². The zero-order valence-corrected chi connectivity index (χ0v) is 8.85. The Balaban J connectivity index is 0.000000212. The van der Waals surface area contributed by atoms with Gasteiger partial charge in [-0.05, 0) is 12.8 Å². The lowest BCUT2D eigenvalue weighted by Gasteiger charge is -1.96. The van der Waals surface area contributed by atoms with Crippen LogP contribution in [0.2, 0.25) is 0 Å². The second-order valence-corrected chi connectivity index (χ2v) is 4.03. The normalized spacial score (nSPS) is 34.2. The Labute approximate surface area is 93.0 Å². The second kappa shape index (κ2) is 5.21. The summed E-state index contributed by atoms with van der Waals surface area (Å²) in [7, 11) is 0. The molecule has 4 atom stereocenters. The molecule has 8 nitrogen and oxygen atoms in total. The van der Waals surface area contributed by atoms with Crippen molar-refractivity contribution in [2.75, 3.05) is 0 Å². The molecule has 0 aromatic heterocycles. The first kappa shape index (κ1) is 12.8. The van der Waals surface area contributed by atoms with E-state index in [1.807, 2.05) is 10.9 Å². The van der Waals surface area contributed by atoms with E-state index in [2.05, 4.69) is 0 Å². The number of hydrogen-bond acceptors (Lipinski definition) is 6. The lowest BCUT2D eigenvalue weighted by Crippen LogP contribution is -2.36. The minimum Gasteiger partial charge on any atom is -0.326 e. The SMILES string of the molecule is NC1C[C@H]1N.NNC(=O)C1C[C@H]1C(=O)NN. The van der Waals surface area contributed by atoms with Crippen LogP contribution in [0.5, 0.6) is 0 Å². The van der Waals surface area contributed by atoms with Crippen LogP contribution in [0.15, 0.2) is 0 Å². The quantitative estimate of drug-likeness (QED) is 0.165. The molecule has 2 saturated carbocycles. The number of carbonyl (C=O) groups excluding carboxylic acids is 2. The monoisotopic (exact) mass is 230 g/mol. The van der Waals surface area contributed by atoms with E-state index in [1.54, 1.807) is 0 Å². The first-order valence-electron chi connectivity index (χ1n) is 5.03. The molecule has 0 aliphatic heterocycles. The van der Waals surface area contributed by atoms with Crippen molar-refractivity contribution < 1.29 is 9.59 Å². The van der Waals surface area contributed by atoms with Crippen LogP contribution in [0.1, 0.15) is 12.8 Å². The van der Waals surface area contributed by atoms with Gasteiger partial charge in [-0.2, -0.15) is 0 Å². The van der Waals surface area contributed by atoms with Gasteiger partial charge < -0.3 is 11.5 Å². The van der Waals surface area contributed by atoms with E-state index in [-0.39, 0.29) is 23.7 Å². The van der Waals surface area contributed by atoms with Gasteiger partial charge in [0.1, 0.15) is 0 Å². The maximum absolute atomic E-state index is 10.7. The largest absolute Gasteiger partial charge is 0.326 e. The maximum Gasteiger partial charge on any atom is 0.237 e. The molecule has 2 aliphatic rings. The summed E-state index contributed by atoms with van der Waals surface area (Å²) < 4.78 is 0. The molecule has 0 heterocycles. The van der Waals surface area contributed by atoms with Crippen molar-refractivity contribution in [1.29, 1.82) is 0 Å². The number of hydrazine groups is 2. The van der Waals surface area contributed by atoms with Crippen molar-refractivity contribution in [3.63, 3.8) is 0 Å². The molecule has 0 bridgehead atoms. The van der Waals surface area contributed by atoms with Gasteiger partial charge in [0.2, 0.25) is 11.8 Å². The van der Waals surface area contributed by atoms with Crippen LogP contribution in [0.25, 0.3) is 0 Å². The smallest absolute Gasteiger partial charge is 0.237 e. The summed E-state index contributed by atoms with van der Waals surface area (Å²) in [6, 6.07) is 0.657. The highest BCUT2D eigenvalue weighted by atomic mass is 16.2. The Bertz CT molecular complexity index is 258. The van der Waals surface area contributed by atoms with Crippen LogP contribution in [0.4, 0.5) is 0 Å². The van der Waals surface area contributed by atoms with Gasteiger partial charge in [0.15, 0.2) is 0 Å². The standard InChI is InChI=1S/C5H10N4O2.C3H8N2/c6-8-4(10)2-1-3(2)5(11)9-7;4-2-1-3(2)5/h2-3H,1,6-7H2,(H,8,10)(H,9,11);2-3H,1,4-5H2/t2*2-,3?/m11/s1. The third-order valence-corrected chi connectivity index (χ3v) is 2.64. The van der Waals surface area contributed by atoms with Gasteiger partial charge in [0.25, 0.3) is 0 Å². The Morgan fingerprint density at radius 3 is 1.38 bits per heavy atom. The van der Waals surface area contributed by atoms with E-state index >= 15 is 0 Å². The number of amides is 2. The number of carbonyl (C=O) groups is 2. The average molecular weight is 230 g/mol. The molecule has 8 heteroatoms. The topological polar surface area (TPSA) is 162 Å². The molecule has 0 aromatic rings. The summed E-state index contributed by atoms with van der Waals surface area (Å²) in [6.07, 6.45) is 1.56. The minimum atomic E-state index is -0.307. The zero-order valence-electron chi connectivity index (χ0n) is 8.85. The fourth-order valence-corrected chi connectivity index (χ4v) is 1.22. The number of hydrogen-bond donors (Lipinski definition) is 6. The van der Waals surface area contributed by atoms with Crippen LogP contribution in [-0.4, -0.2) is 23.9 Å². The van der Waals surface area contributed by atoms with Crippen molar-refractivity contribution in [2.24, 2.45) is 35.0 Å². The van der Waals surface area contributed by atoms with E-state index in [9.17, 15) is 9.59 Å². The first-order chi connectivity index (χ1) is 7.51. The molecule has 2 unspecified atom stereocenters. The molecule has 0 radical (unpaired) electrons. The van der Waals surface area contributed by atoms with Gasteiger partial charge in [-0.1, -0.05) is 0 Å². The molecule has 0 spiro atoms. The molecule has 0 aromatic carbocycles. The van der Waals surface area contributed by atoms with Crippen LogP contribution < -0.4 is 34.0 Å². The van der Waals surface area contributed by atoms with Gasteiger partial charge in [-0.3, -0.25) is 20.4 Å². The summed E-state index contributed by atoms with van der Waals surface area (Å²) in [5.74, 6) is 8.52. The molecular formula is C8H18N6O2. The molecule has 10 N–H and O–H groups in total. The lowest BCUT2D eigenvalue weighted by molar-refractivity contribution is -0.127. The molecule has 2 rings (SSSR count). The third-order valence-electron chi connectivity index (χ3n) is 2.64. The highest BCUT2D eigenvalue weighted by molar-refractivity contribution is 5.91. The minimum absolute atomic E-state index is 0.288. The zero-order chi connectivity index (χ0) is 12.3. The van der Waals surface area contributed by atoms with Crippen LogP contribution in [-0.2, 0) is 9.59 Å². The van der Waals surface area contributed by atoms with E-state index in [1.165, 1.54) is 0 Å². The predicted octanol–water partition coefficient (Wildman–Crippen LogP) is -3.35. The van der Waals surface area contributed by atoms with Gasteiger partial charge >= 0.3 is 0 Å². The predicted molar refractivity (Wildman–Crippen MR) is 56.8 cm³/mol. The number of rotatable bonds is 2. The lowest BCUT2D eigenvalue weighted by atomic mass is 10.3. The van der Waals surface area contributed by atoms with E-state index in [0.29, 0.717) is 18.5 Å². The Kier molecular flexibility index (Phi) is 4.19. The molecule has 2 fully saturated rings. The summed E-state index contributed by atoms with van der Waals surface area (Å²) in [4.78, 5) is 21.5. The molecule has 2 amide bonds. The van der Waals surface area contributed by atoms with Crippen LogP contribution in [0.3, 0.4) is 0 Å². The third kappa shape index (κ3) is 3.42. The second-order valence-electron chi connectivity index (χ2n) is 4.03. The molecule has 16 heavy (non-hydrogen) atoms. The summed E-state index contributed by atoms with van der Waals surface area (Å²) in [5, 5.41) is 0. The molecule has 0 saturated heterocycles.